The maximum atomic E-state index is 11.9. The number of hydrogen-bond donors (Lipinski definition) is 3. The summed E-state index contributed by atoms with van der Waals surface area (Å²) in [7, 11) is -1.42. The molecule has 172 valence electrons. The summed E-state index contributed by atoms with van der Waals surface area (Å²) in [5, 5.41) is 9.25. The Hall–Kier alpha value is -0.820. The number of rotatable bonds is 9. The summed E-state index contributed by atoms with van der Waals surface area (Å²) in [6, 6.07) is -0.00538. The highest BCUT2D eigenvalue weighted by Crippen LogP contribution is 2.11. The Kier molecular flexibility index (Phi) is 13.1. The predicted molar refractivity (Wildman–Crippen MR) is 127 cm³/mol. The monoisotopic (exact) mass is 547 g/mol. The van der Waals surface area contributed by atoms with E-state index in [-0.39, 0.29) is 35.8 Å². The van der Waals surface area contributed by atoms with E-state index in [9.17, 15) is 13.2 Å². The number of nitrogens with one attached hydrogen (secondary N) is 3. The first kappa shape index (κ1) is 28.2. The molecular weight excluding hydrogens is 509 g/mol. The first-order valence-electron chi connectivity index (χ1n) is 9.99. The lowest BCUT2D eigenvalue weighted by atomic mass is 10.1. The highest BCUT2D eigenvalue weighted by Gasteiger charge is 2.27. The van der Waals surface area contributed by atoms with Crippen molar-refractivity contribution in [1.82, 2.24) is 20.3 Å². The molecule has 0 saturated carbocycles. The molecule has 11 heteroatoms. The molecule has 1 aliphatic heterocycles. The zero-order valence-electron chi connectivity index (χ0n) is 18.3. The maximum Gasteiger partial charge on any atom is 0.407 e. The van der Waals surface area contributed by atoms with E-state index in [0.29, 0.717) is 38.6 Å². The van der Waals surface area contributed by atoms with Crippen LogP contribution in [-0.2, 0) is 14.8 Å². The highest BCUT2D eigenvalue weighted by atomic mass is 127. The molecule has 0 spiro atoms. The van der Waals surface area contributed by atoms with Crippen molar-refractivity contribution in [1.29, 1.82) is 0 Å². The number of carbonyl (C=O) groups is 1. The average molecular weight is 548 g/mol. The lowest BCUT2D eigenvalue weighted by Gasteiger charge is -2.24. The van der Waals surface area contributed by atoms with Gasteiger partial charge in [-0.25, -0.2) is 17.5 Å². The van der Waals surface area contributed by atoms with Crippen LogP contribution in [0.1, 0.15) is 53.4 Å². The molecule has 29 heavy (non-hydrogen) atoms. The molecule has 1 heterocycles. The molecule has 1 atom stereocenters. The van der Waals surface area contributed by atoms with Crippen molar-refractivity contribution in [3.05, 3.63) is 0 Å². The number of amides is 1. The van der Waals surface area contributed by atoms with Crippen LogP contribution in [0.4, 0.5) is 4.79 Å². The van der Waals surface area contributed by atoms with Gasteiger partial charge < -0.3 is 20.7 Å². The number of sulfonamides is 1. The van der Waals surface area contributed by atoms with E-state index in [1.165, 1.54) is 4.31 Å². The smallest absolute Gasteiger partial charge is 0.407 e. The third-order valence-electron chi connectivity index (χ3n) is 4.22. The normalized spacial score (nSPS) is 17.9. The third-order valence-corrected chi connectivity index (χ3v) is 6.18. The summed E-state index contributed by atoms with van der Waals surface area (Å²) < 4.78 is 30.5. The van der Waals surface area contributed by atoms with Crippen molar-refractivity contribution < 1.29 is 17.9 Å². The Labute approximate surface area is 192 Å². The molecular formula is C18H38IN5O4S. The number of unbranched alkanes of at least 4 members (excludes halogenated alkanes) is 1. The molecule has 1 unspecified atom stereocenters. The lowest BCUT2D eigenvalue weighted by molar-refractivity contribution is 0.0522. The second-order valence-electron chi connectivity index (χ2n) is 7.93. The molecule has 0 aromatic rings. The van der Waals surface area contributed by atoms with Crippen LogP contribution in [0.15, 0.2) is 4.99 Å². The van der Waals surface area contributed by atoms with Crippen LogP contribution in [0, 0.1) is 0 Å². The van der Waals surface area contributed by atoms with E-state index < -0.39 is 21.7 Å². The zero-order valence-corrected chi connectivity index (χ0v) is 21.4. The van der Waals surface area contributed by atoms with Crippen molar-refractivity contribution in [2.75, 3.05) is 39.0 Å². The van der Waals surface area contributed by atoms with E-state index in [1.54, 1.807) is 7.05 Å². The zero-order chi connectivity index (χ0) is 21.2. The number of ether oxygens (including phenoxy) is 1. The third kappa shape index (κ3) is 11.8. The van der Waals surface area contributed by atoms with Gasteiger partial charge in [-0.1, -0.05) is 19.8 Å². The fraction of sp³-hybridized carbons (Fsp3) is 0.889. The van der Waals surface area contributed by atoms with Crippen LogP contribution in [0.25, 0.3) is 0 Å². The fourth-order valence-corrected chi connectivity index (χ4v) is 4.35. The van der Waals surface area contributed by atoms with Gasteiger partial charge in [-0.2, -0.15) is 0 Å². The minimum Gasteiger partial charge on any atom is -0.444 e. The van der Waals surface area contributed by atoms with Crippen LogP contribution in [-0.4, -0.2) is 75.4 Å². The Morgan fingerprint density at radius 2 is 1.97 bits per heavy atom. The van der Waals surface area contributed by atoms with Crippen LogP contribution >= 0.6 is 24.0 Å². The molecule has 0 aliphatic carbocycles. The van der Waals surface area contributed by atoms with Crippen molar-refractivity contribution in [3.8, 4) is 0 Å². The summed E-state index contributed by atoms with van der Waals surface area (Å²) in [6.45, 7) is 9.47. The Bertz CT molecular complexity index is 622. The van der Waals surface area contributed by atoms with Crippen LogP contribution < -0.4 is 16.0 Å². The molecule has 1 fully saturated rings. The standard InChI is InChI=1S/C18H37N5O4S.HI/c1-6-7-9-15(14-21-17(24)27-18(2,3)4)22-16(19-5)20-10-12-23-11-8-13-28(23,25)26;/h15H,6-14H2,1-5H3,(H,21,24)(H2,19,20,22);1H. The number of alkyl carbamates (subject to hydrolysis) is 1. The second-order valence-corrected chi connectivity index (χ2v) is 10.0. The van der Waals surface area contributed by atoms with Gasteiger partial charge in [-0.05, 0) is 33.6 Å². The van der Waals surface area contributed by atoms with Crippen molar-refractivity contribution in [3.63, 3.8) is 0 Å². The van der Waals surface area contributed by atoms with Gasteiger partial charge in [0.1, 0.15) is 5.60 Å². The summed E-state index contributed by atoms with van der Waals surface area (Å²) in [5.41, 5.74) is -0.538. The molecule has 1 saturated heterocycles. The van der Waals surface area contributed by atoms with Gasteiger partial charge >= 0.3 is 6.09 Å². The molecule has 9 nitrogen and oxygen atoms in total. The molecule has 3 N–H and O–H groups in total. The highest BCUT2D eigenvalue weighted by molar-refractivity contribution is 14.0. The Balaban J connectivity index is 0.00000784. The van der Waals surface area contributed by atoms with E-state index in [0.717, 1.165) is 19.3 Å². The van der Waals surface area contributed by atoms with Crippen molar-refractivity contribution >= 4 is 46.1 Å². The average Bonchev–Trinajstić information content (AvgIpc) is 2.92. The van der Waals surface area contributed by atoms with Crippen LogP contribution in [0.5, 0.6) is 0 Å². The van der Waals surface area contributed by atoms with E-state index in [2.05, 4.69) is 27.9 Å². The number of guanidine groups is 1. The van der Waals surface area contributed by atoms with Gasteiger partial charge in [0.05, 0.1) is 5.75 Å². The van der Waals surface area contributed by atoms with Gasteiger partial charge in [0.2, 0.25) is 10.0 Å². The summed E-state index contributed by atoms with van der Waals surface area (Å²) >= 11 is 0. The second kappa shape index (κ2) is 13.5. The minimum absolute atomic E-state index is 0. The molecule has 0 radical (unpaired) electrons. The molecule has 1 rings (SSSR count). The van der Waals surface area contributed by atoms with Crippen LogP contribution in [0.2, 0.25) is 0 Å². The summed E-state index contributed by atoms with van der Waals surface area (Å²) in [5.74, 6) is 0.818. The largest absolute Gasteiger partial charge is 0.444 e. The van der Waals surface area contributed by atoms with Gasteiger partial charge in [0.15, 0.2) is 5.96 Å². The minimum atomic E-state index is -3.09. The first-order valence-corrected chi connectivity index (χ1v) is 11.6. The van der Waals surface area contributed by atoms with Gasteiger partial charge in [-0.3, -0.25) is 4.99 Å². The van der Waals surface area contributed by atoms with Gasteiger partial charge in [-0.15, -0.1) is 24.0 Å². The summed E-state index contributed by atoms with van der Waals surface area (Å²) in [6.07, 6.45) is 3.16. The number of carbonyl (C=O) groups excluding carboxylic acids is 1. The van der Waals surface area contributed by atoms with Gasteiger partial charge in [0.25, 0.3) is 0 Å². The van der Waals surface area contributed by atoms with Crippen molar-refractivity contribution in [2.45, 2.75) is 65.0 Å². The Morgan fingerprint density at radius 3 is 2.48 bits per heavy atom. The molecule has 0 aromatic carbocycles. The molecule has 0 aromatic heterocycles. The SMILES string of the molecule is CCCCC(CNC(=O)OC(C)(C)C)NC(=NC)NCCN1CCCS1(=O)=O.I. The molecule has 1 amide bonds. The van der Waals surface area contributed by atoms with Gasteiger partial charge in [0, 0.05) is 39.3 Å². The molecule has 1 aliphatic rings. The number of halogens is 1. The lowest BCUT2D eigenvalue weighted by Crippen LogP contribution is -2.50. The molecule has 0 bridgehead atoms. The van der Waals surface area contributed by atoms with E-state index >= 15 is 0 Å². The number of hydrogen-bond acceptors (Lipinski definition) is 5. The van der Waals surface area contributed by atoms with E-state index in [4.69, 9.17) is 4.74 Å². The maximum absolute atomic E-state index is 11.9. The number of aliphatic imine (C=N–C) groups is 1. The quantitative estimate of drug-likeness (QED) is 0.231. The van der Waals surface area contributed by atoms with Crippen molar-refractivity contribution in [2.24, 2.45) is 4.99 Å². The fourth-order valence-electron chi connectivity index (χ4n) is 2.83. The number of nitrogens with zero attached hydrogens (tertiary/aromatic N) is 2. The van der Waals surface area contributed by atoms with E-state index in [1.807, 2.05) is 20.8 Å². The summed E-state index contributed by atoms with van der Waals surface area (Å²) in [4.78, 5) is 16.1. The predicted octanol–water partition coefficient (Wildman–Crippen LogP) is 1.89. The first-order chi connectivity index (χ1) is 13.1. The van der Waals surface area contributed by atoms with Crippen LogP contribution in [0.3, 0.4) is 0 Å². The Morgan fingerprint density at radius 1 is 1.28 bits per heavy atom. The topological polar surface area (TPSA) is 112 Å².